The number of benzene rings is 6. The Labute approximate surface area is 276 Å². The minimum atomic E-state index is 0.700. The zero-order valence-electron chi connectivity index (χ0n) is 25.3. The average Bonchev–Trinajstić information content (AvgIpc) is 3.55. The minimum absolute atomic E-state index is 0.700. The van der Waals surface area contributed by atoms with Gasteiger partial charge in [-0.1, -0.05) is 140 Å². The second kappa shape index (κ2) is 11.4. The van der Waals surface area contributed by atoms with Crippen molar-refractivity contribution in [2.75, 3.05) is 0 Å². The Kier molecular flexibility index (Phi) is 6.65. The summed E-state index contributed by atoms with van der Waals surface area (Å²) in [5.41, 5.74) is 10.2. The number of para-hydroxylation sites is 1. The van der Waals surface area contributed by atoms with Crippen molar-refractivity contribution in [3.63, 3.8) is 0 Å². The molecule has 0 spiro atoms. The minimum Gasteiger partial charge on any atom is -0.246 e. The molecule has 0 atom stereocenters. The van der Waals surface area contributed by atoms with Gasteiger partial charge in [-0.05, 0) is 35.4 Å². The van der Waals surface area contributed by atoms with E-state index < -0.39 is 0 Å². The van der Waals surface area contributed by atoms with E-state index in [-0.39, 0.29) is 0 Å². The molecule has 6 aromatic carbocycles. The molecular formula is C43H27N3S. The van der Waals surface area contributed by atoms with E-state index in [2.05, 4.69) is 140 Å². The normalized spacial score (nSPS) is 11.4. The van der Waals surface area contributed by atoms with Gasteiger partial charge in [0.05, 0.1) is 27.3 Å². The fourth-order valence-corrected chi connectivity index (χ4v) is 7.61. The van der Waals surface area contributed by atoms with Gasteiger partial charge in [-0.25, -0.2) is 15.0 Å². The van der Waals surface area contributed by atoms with Crippen molar-refractivity contribution in [1.82, 2.24) is 15.0 Å². The van der Waals surface area contributed by atoms with Crippen molar-refractivity contribution in [3.8, 4) is 56.3 Å². The van der Waals surface area contributed by atoms with E-state index in [1.165, 1.54) is 36.7 Å². The average molecular weight is 618 g/mol. The van der Waals surface area contributed by atoms with Crippen molar-refractivity contribution < 1.29 is 0 Å². The van der Waals surface area contributed by atoms with E-state index in [9.17, 15) is 0 Å². The van der Waals surface area contributed by atoms with E-state index in [1.807, 2.05) is 35.6 Å². The van der Waals surface area contributed by atoms with Crippen LogP contribution >= 0.6 is 11.3 Å². The highest BCUT2D eigenvalue weighted by Gasteiger charge is 2.17. The van der Waals surface area contributed by atoms with Gasteiger partial charge in [-0.15, -0.1) is 11.3 Å². The second-order valence-corrected chi connectivity index (χ2v) is 12.7. The first kappa shape index (κ1) is 27.3. The standard InChI is InChI=1S/C43H27N3S/c1-3-12-28(13-4-1)29-22-24-30(25-23-29)37-27-38(46-43(45-37)31-14-5-2-6-15-31)32-16-11-17-33(26-32)41-42-40(34-18-7-9-20-36(34)44-41)35-19-8-10-21-39(35)47-42/h1-27H. The molecule has 4 heteroatoms. The molecule has 47 heavy (non-hydrogen) atoms. The first-order valence-corrected chi connectivity index (χ1v) is 16.5. The van der Waals surface area contributed by atoms with Crippen LogP contribution in [-0.4, -0.2) is 15.0 Å². The molecule has 9 aromatic rings. The van der Waals surface area contributed by atoms with Crippen LogP contribution in [0.5, 0.6) is 0 Å². The van der Waals surface area contributed by atoms with Gasteiger partial charge in [0.1, 0.15) is 0 Å². The van der Waals surface area contributed by atoms with Crippen molar-refractivity contribution >= 4 is 42.4 Å². The smallest absolute Gasteiger partial charge is 0.160 e. The van der Waals surface area contributed by atoms with Crippen LogP contribution < -0.4 is 0 Å². The second-order valence-electron chi connectivity index (χ2n) is 11.6. The zero-order chi connectivity index (χ0) is 31.2. The third-order valence-electron chi connectivity index (χ3n) is 8.69. The summed E-state index contributed by atoms with van der Waals surface area (Å²) in [7, 11) is 0. The van der Waals surface area contributed by atoms with Gasteiger partial charge in [-0.3, -0.25) is 0 Å². The Morgan fingerprint density at radius 1 is 0.383 bits per heavy atom. The Balaban J connectivity index is 1.20. The van der Waals surface area contributed by atoms with E-state index >= 15 is 0 Å². The molecular weight excluding hydrogens is 591 g/mol. The van der Waals surface area contributed by atoms with Crippen molar-refractivity contribution in [3.05, 3.63) is 164 Å². The van der Waals surface area contributed by atoms with Crippen LogP contribution in [0.15, 0.2) is 164 Å². The SMILES string of the molecule is c1ccc(-c2ccc(-c3cc(-c4cccc(-c5nc6ccccc6c6c5sc5ccccc56)c4)nc(-c4ccccc4)n3)cc2)cc1. The summed E-state index contributed by atoms with van der Waals surface area (Å²) in [6.45, 7) is 0. The van der Waals surface area contributed by atoms with E-state index in [4.69, 9.17) is 15.0 Å². The molecule has 0 N–H and O–H groups in total. The fraction of sp³-hybridized carbons (Fsp3) is 0. The summed E-state index contributed by atoms with van der Waals surface area (Å²) in [6, 6.07) is 57.1. The molecule has 0 saturated heterocycles. The molecule has 3 aromatic heterocycles. The topological polar surface area (TPSA) is 38.7 Å². The predicted molar refractivity (Wildman–Crippen MR) is 197 cm³/mol. The number of rotatable bonds is 5. The lowest BCUT2D eigenvalue weighted by Gasteiger charge is -2.12. The summed E-state index contributed by atoms with van der Waals surface area (Å²) in [6.07, 6.45) is 0. The van der Waals surface area contributed by atoms with Gasteiger partial charge >= 0.3 is 0 Å². The molecule has 0 saturated carbocycles. The number of hydrogen-bond donors (Lipinski definition) is 0. The van der Waals surface area contributed by atoms with Crippen LogP contribution in [0, 0.1) is 0 Å². The maximum absolute atomic E-state index is 5.24. The highest BCUT2D eigenvalue weighted by molar-refractivity contribution is 7.26. The molecule has 0 aliphatic heterocycles. The number of aromatic nitrogens is 3. The van der Waals surface area contributed by atoms with Crippen LogP contribution in [0.25, 0.3) is 87.4 Å². The molecule has 3 heterocycles. The lowest BCUT2D eigenvalue weighted by Crippen LogP contribution is -1.96. The van der Waals surface area contributed by atoms with Gasteiger partial charge in [0.15, 0.2) is 5.82 Å². The molecule has 0 aliphatic carbocycles. The van der Waals surface area contributed by atoms with Crippen molar-refractivity contribution in [2.45, 2.75) is 0 Å². The van der Waals surface area contributed by atoms with Gasteiger partial charge in [0, 0.05) is 43.1 Å². The zero-order valence-corrected chi connectivity index (χ0v) is 26.2. The lowest BCUT2D eigenvalue weighted by atomic mass is 10.00. The van der Waals surface area contributed by atoms with E-state index in [0.717, 1.165) is 44.9 Å². The van der Waals surface area contributed by atoms with Gasteiger partial charge < -0.3 is 0 Å². The predicted octanol–water partition coefficient (Wildman–Crippen LogP) is 11.7. The Morgan fingerprint density at radius 2 is 0.957 bits per heavy atom. The van der Waals surface area contributed by atoms with Crippen molar-refractivity contribution in [2.24, 2.45) is 0 Å². The molecule has 0 aliphatic rings. The van der Waals surface area contributed by atoms with E-state index in [0.29, 0.717) is 5.82 Å². The fourth-order valence-electron chi connectivity index (χ4n) is 6.38. The lowest BCUT2D eigenvalue weighted by molar-refractivity contribution is 1.18. The van der Waals surface area contributed by atoms with Gasteiger partial charge in [-0.2, -0.15) is 0 Å². The van der Waals surface area contributed by atoms with Crippen molar-refractivity contribution in [1.29, 1.82) is 0 Å². The van der Waals surface area contributed by atoms with Crippen LogP contribution in [0.2, 0.25) is 0 Å². The molecule has 3 nitrogen and oxygen atoms in total. The number of nitrogens with zero attached hydrogens (tertiary/aromatic N) is 3. The summed E-state index contributed by atoms with van der Waals surface area (Å²) < 4.78 is 2.47. The first-order chi connectivity index (χ1) is 23.3. The van der Waals surface area contributed by atoms with Crippen LogP contribution in [0.1, 0.15) is 0 Å². The largest absolute Gasteiger partial charge is 0.246 e. The Morgan fingerprint density at radius 3 is 1.74 bits per heavy atom. The molecule has 220 valence electrons. The Hall–Kier alpha value is -5.97. The maximum Gasteiger partial charge on any atom is 0.160 e. The summed E-state index contributed by atoms with van der Waals surface area (Å²) in [5, 5.41) is 3.73. The highest BCUT2D eigenvalue weighted by atomic mass is 32.1. The third-order valence-corrected chi connectivity index (χ3v) is 9.87. The molecule has 0 unspecified atom stereocenters. The Bertz CT molecular complexity index is 2550. The monoisotopic (exact) mass is 617 g/mol. The summed E-state index contributed by atoms with van der Waals surface area (Å²) in [5.74, 6) is 0.700. The quantitative estimate of drug-likeness (QED) is 0.193. The maximum atomic E-state index is 5.24. The summed E-state index contributed by atoms with van der Waals surface area (Å²) >= 11 is 1.81. The first-order valence-electron chi connectivity index (χ1n) is 15.7. The number of hydrogen-bond acceptors (Lipinski definition) is 4. The molecule has 0 fully saturated rings. The van der Waals surface area contributed by atoms with Crippen LogP contribution in [0.3, 0.4) is 0 Å². The number of fused-ring (bicyclic) bond motifs is 5. The van der Waals surface area contributed by atoms with Gasteiger partial charge in [0.2, 0.25) is 0 Å². The summed E-state index contributed by atoms with van der Waals surface area (Å²) in [4.78, 5) is 15.4. The molecule has 0 radical (unpaired) electrons. The van der Waals surface area contributed by atoms with E-state index in [1.54, 1.807) is 0 Å². The van der Waals surface area contributed by atoms with Gasteiger partial charge in [0.25, 0.3) is 0 Å². The molecule has 9 rings (SSSR count). The number of thiophene rings is 1. The third kappa shape index (κ3) is 4.96. The van der Waals surface area contributed by atoms with Crippen LogP contribution in [-0.2, 0) is 0 Å². The highest BCUT2D eigenvalue weighted by Crippen LogP contribution is 2.43. The number of pyridine rings is 1. The molecule has 0 amide bonds. The van der Waals surface area contributed by atoms with Crippen LogP contribution in [0.4, 0.5) is 0 Å². The molecule has 0 bridgehead atoms.